The fourth-order valence-electron chi connectivity index (χ4n) is 2.52. The first-order valence-electron chi connectivity index (χ1n) is 8.05. The number of carbonyl (C=O) groups excluding carboxylic acids is 1. The molecule has 7 heteroatoms. The minimum absolute atomic E-state index is 0.128. The van der Waals surface area contributed by atoms with Crippen molar-refractivity contribution < 1.29 is 13.6 Å². The summed E-state index contributed by atoms with van der Waals surface area (Å²) in [7, 11) is 0. The summed E-state index contributed by atoms with van der Waals surface area (Å²) in [6.07, 6.45) is 0. The summed E-state index contributed by atoms with van der Waals surface area (Å²) in [6.45, 7) is 4.09. The summed E-state index contributed by atoms with van der Waals surface area (Å²) in [5.74, 6) is -1.26. The molecule has 26 heavy (non-hydrogen) atoms. The van der Waals surface area contributed by atoms with E-state index in [0.29, 0.717) is 17.8 Å². The third kappa shape index (κ3) is 3.99. The molecule has 0 saturated carbocycles. The van der Waals surface area contributed by atoms with E-state index < -0.39 is 22.7 Å². The number of hydrogen-bond acceptors (Lipinski definition) is 4. The van der Waals surface area contributed by atoms with Crippen LogP contribution in [0, 0.1) is 18.6 Å². The number of benzene rings is 2. The fourth-order valence-corrected chi connectivity index (χ4v) is 3.48. The van der Waals surface area contributed by atoms with Gasteiger partial charge in [-0.1, -0.05) is 42.1 Å². The lowest BCUT2D eigenvalue weighted by Crippen LogP contribution is -2.16. The van der Waals surface area contributed by atoms with E-state index >= 15 is 0 Å². The molecule has 1 atom stereocenters. The first-order chi connectivity index (χ1) is 12.5. The number of aryl methyl sites for hydroxylation is 1. The molecular formula is C19H17F2N3OS. The molecule has 0 aliphatic heterocycles. The summed E-state index contributed by atoms with van der Waals surface area (Å²) in [6, 6.07) is 12.8. The zero-order valence-corrected chi connectivity index (χ0v) is 15.1. The number of thioether (sulfide) groups is 1. The number of halogens is 2. The standard InChI is InChI=1S/C19H17F2N3OS/c1-12(18(25)16-9-8-15(20)10-17(16)21)26-19-23-22-13(2)24(19)11-14-6-4-3-5-7-14/h3-10,12H,11H2,1-2H3. The Kier molecular flexibility index (Phi) is 5.46. The highest BCUT2D eigenvalue weighted by Crippen LogP contribution is 2.26. The molecule has 0 spiro atoms. The summed E-state index contributed by atoms with van der Waals surface area (Å²) >= 11 is 1.21. The van der Waals surface area contributed by atoms with Gasteiger partial charge in [-0.05, 0) is 31.5 Å². The zero-order chi connectivity index (χ0) is 18.7. The van der Waals surface area contributed by atoms with Gasteiger partial charge < -0.3 is 4.57 Å². The van der Waals surface area contributed by atoms with Gasteiger partial charge in [-0.2, -0.15) is 0 Å². The number of Topliss-reactive ketones (excluding diaryl/α,β-unsaturated/α-hetero) is 1. The first-order valence-corrected chi connectivity index (χ1v) is 8.93. The second-order valence-electron chi connectivity index (χ2n) is 5.85. The van der Waals surface area contributed by atoms with Crippen LogP contribution in [-0.4, -0.2) is 25.8 Å². The molecular weight excluding hydrogens is 356 g/mol. The molecule has 1 unspecified atom stereocenters. The van der Waals surface area contributed by atoms with Crippen LogP contribution in [0.4, 0.5) is 8.78 Å². The maximum Gasteiger partial charge on any atom is 0.192 e. The van der Waals surface area contributed by atoms with Crippen molar-refractivity contribution in [3.05, 3.63) is 77.1 Å². The van der Waals surface area contributed by atoms with Crippen LogP contribution < -0.4 is 0 Å². The number of rotatable bonds is 6. The zero-order valence-electron chi connectivity index (χ0n) is 14.3. The lowest BCUT2D eigenvalue weighted by atomic mass is 10.1. The summed E-state index contributed by atoms with van der Waals surface area (Å²) in [5.41, 5.74) is 0.957. The Hall–Kier alpha value is -2.54. The van der Waals surface area contributed by atoms with Gasteiger partial charge in [-0.3, -0.25) is 4.79 Å². The molecule has 3 rings (SSSR count). The average molecular weight is 373 g/mol. The number of ketones is 1. The van der Waals surface area contributed by atoms with Crippen molar-refractivity contribution in [1.29, 1.82) is 0 Å². The van der Waals surface area contributed by atoms with E-state index in [1.165, 1.54) is 17.8 Å². The van der Waals surface area contributed by atoms with Crippen LogP contribution in [0.1, 0.15) is 28.7 Å². The predicted octanol–water partition coefficient (Wildman–Crippen LogP) is 4.28. The lowest BCUT2D eigenvalue weighted by Gasteiger charge is -2.13. The molecule has 0 saturated heterocycles. The average Bonchev–Trinajstić information content (AvgIpc) is 2.95. The maximum atomic E-state index is 13.9. The van der Waals surface area contributed by atoms with E-state index in [-0.39, 0.29) is 5.56 Å². The summed E-state index contributed by atoms with van der Waals surface area (Å²) in [5, 5.41) is 8.21. The van der Waals surface area contributed by atoms with Crippen molar-refractivity contribution in [2.45, 2.75) is 30.8 Å². The number of carbonyl (C=O) groups is 1. The molecule has 134 valence electrons. The number of nitrogens with zero attached hydrogens (tertiary/aromatic N) is 3. The van der Waals surface area contributed by atoms with Gasteiger partial charge in [0.1, 0.15) is 17.5 Å². The van der Waals surface area contributed by atoms with Crippen LogP contribution in [0.5, 0.6) is 0 Å². The van der Waals surface area contributed by atoms with Gasteiger partial charge in [0.15, 0.2) is 10.9 Å². The van der Waals surface area contributed by atoms with Crippen LogP contribution in [0.15, 0.2) is 53.7 Å². The van der Waals surface area contributed by atoms with Gasteiger partial charge in [0, 0.05) is 6.07 Å². The first kappa shape index (κ1) is 18.3. The third-order valence-electron chi connectivity index (χ3n) is 3.93. The summed E-state index contributed by atoms with van der Waals surface area (Å²) < 4.78 is 28.8. The maximum absolute atomic E-state index is 13.9. The van der Waals surface area contributed by atoms with E-state index in [0.717, 1.165) is 17.5 Å². The molecule has 2 aromatic carbocycles. The lowest BCUT2D eigenvalue weighted by molar-refractivity contribution is 0.0990. The van der Waals surface area contributed by atoms with Crippen molar-refractivity contribution in [2.75, 3.05) is 0 Å². The third-order valence-corrected chi connectivity index (χ3v) is 5.01. The van der Waals surface area contributed by atoms with Gasteiger partial charge in [0.05, 0.1) is 17.4 Å². The Morgan fingerprint density at radius 2 is 1.88 bits per heavy atom. The highest BCUT2D eigenvalue weighted by Gasteiger charge is 2.23. The molecule has 3 aromatic rings. The Balaban J connectivity index is 1.79. The quantitative estimate of drug-likeness (QED) is 0.478. The molecule has 0 N–H and O–H groups in total. The van der Waals surface area contributed by atoms with E-state index in [1.54, 1.807) is 6.92 Å². The molecule has 0 bridgehead atoms. The normalized spacial score (nSPS) is 12.2. The van der Waals surface area contributed by atoms with Crippen LogP contribution >= 0.6 is 11.8 Å². The number of hydrogen-bond donors (Lipinski definition) is 0. The Morgan fingerprint density at radius 1 is 1.15 bits per heavy atom. The molecule has 0 fully saturated rings. The van der Waals surface area contributed by atoms with Gasteiger partial charge in [-0.25, -0.2) is 8.78 Å². The molecule has 4 nitrogen and oxygen atoms in total. The van der Waals surface area contributed by atoms with Crippen molar-refractivity contribution in [3.8, 4) is 0 Å². The largest absolute Gasteiger partial charge is 0.302 e. The SMILES string of the molecule is Cc1nnc(SC(C)C(=O)c2ccc(F)cc2F)n1Cc1ccccc1. The monoisotopic (exact) mass is 373 g/mol. The second kappa shape index (κ2) is 7.78. The predicted molar refractivity (Wildman–Crippen MR) is 96.3 cm³/mol. The molecule has 0 radical (unpaired) electrons. The van der Waals surface area contributed by atoms with Crippen LogP contribution in [0.2, 0.25) is 0 Å². The van der Waals surface area contributed by atoms with Gasteiger partial charge >= 0.3 is 0 Å². The van der Waals surface area contributed by atoms with E-state index in [9.17, 15) is 13.6 Å². The van der Waals surface area contributed by atoms with Crippen molar-refractivity contribution >= 4 is 17.5 Å². The molecule has 0 amide bonds. The molecule has 1 aromatic heterocycles. The Morgan fingerprint density at radius 3 is 2.58 bits per heavy atom. The van der Waals surface area contributed by atoms with Gasteiger partial charge in [0.2, 0.25) is 0 Å². The van der Waals surface area contributed by atoms with Crippen molar-refractivity contribution in [2.24, 2.45) is 0 Å². The molecule has 0 aliphatic rings. The van der Waals surface area contributed by atoms with E-state index in [4.69, 9.17) is 0 Å². The van der Waals surface area contributed by atoms with Crippen molar-refractivity contribution in [1.82, 2.24) is 14.8 Å². The minimum Gasteiger partial charge on any atom is -0.302 e. The Labute approximate surface area is 154 Å². The topological polar surface area (TPSA) is 47.8 Å². The van der Waals surface area contributed by atoms with E-state index in [1.807, 2.05) is 41.8 Å². The van der Waals surface area contributed by atoms with Gasteiger partial charge in [0.25, 0.3) is 0 Å². The number of aromatic nitrogens is 3. The molecule has 0 aliphatic carbocycles. The summed E-state index contributed by atoms with van der Waals surface area (Å²) in [4.78, 5) is 12.5. The van der Waals surface area contributed by atoms with Crippen molar-refractivity contribution in [3.63, 3.8) is 0 Å². The van der Waals surface area contributed by atoms with Crippen LogP contribution in [0.3, 0.4) is 0 Å². The Bertz CT molecular complexity index is 928. The highest BCUT2D eigenvalue weighted by molar-refractivity contribution is 8.00. The minimum atomic E-state index is -0.857. The van der Waals surface area contributed by atoms with Gasteiger partial charge in [-0.15, -0.1) is 10.2 Å². The highest BCUT2D eigenvalue weighted by atomic mass is 32.2. The molecule has 1 heterocycles. The van der Waals surface area contributed by atoms with Crippen LogP contribution in [0.25, 0.3) is 0 Å². The van der Waals surface area contributed by atoms with Crippen LogP contribution in [-0.2, 0) is 6.54 Å². The van der Waals surface area contributed by atoms with E-state index in [2.05, 4.69) is 10.2 Å². The fraction of sp³-hybridized carbons (Fsp3) is 0.211. The second-order valence-corrected chi connectivity index (χ2v) is 7.16. The smallest absolute Gasteiger partial charge is 0.192 e.